The monoisotopic (exact) mass is 398 g/mol. The second kappa shape index (κ2) is 7.16. The number of fused-ring (bicyclic) bond motifs is 2. The number of hydrogen-bond acceptors (Lipinski definition) is 5. The number of nitrogens with zero attached hydrogens (tertiary/aromatic N) is 1. The van der Waals surface area contributed by atoms with Gasteiger partial charge in [-0.2, -0.15) is 0 Å². The van der Waals surface area contributed by atoms with E-state index in [9.17, 15) is 13.5 Å². The highest BCUT2D eigenvalue weighted by Crippen LogP contribution is 2.37. The molecule has 1 atom stereocenters. The molecule has 0 spiro atoms. The van der Waals surface area contributed by atoms with Crippen molar-refractivity contribution in [2.45, 2.75) is 29.8 Å². The summed E-state index contributed by atoms with van der Waals surface area (Å²) in [5, 5.41) is 12.0. The Morgan fingerprint density at radius 3 is 2.86 bits per heavy atom. The standard InChI is InChI=1S/C21H22N2O4S/c1-27-17-9-10-18-16(13-17)6-3-11-21(18,24)14-23-28(25,26)19-8-2-5-15-7-4-12-22-20(15)19/h2,4-5,7-10,12-13,23-24H,3,6,11,14H2,1H3. The minimum Gasteiger partial charge on any atom is -0.497 e. The fourth-order valence-electron chi connectivity index (χ4n) is 3.83. The summed E-state index contributed by atoms with van der Waals surface area (Å²) < 4.78 is 33.8. The molecule has 1 unspecified atom stereocenters. The van der Waals surface area contributed by atoms with Gasteiger partial charge in [0, 0.05) is 18.1 Å². The Hall–Kier alpha value is -2.48. The first kappa shape index (κ1) is 18.9. The lowest BCUT2D eigenvalue weighted by molar-refractivity contribution is 0.0242. The molecule has 1 aromatic heterocycles. The second-order valence-electron chi connectivity index (χ2n) is 7.06. The number of ether oxygens (including phenoxy) is 1. The quantitative estimate of drug-likeness (QED) is 0.690. The van der Waals surface area contributed by atoms with Crippen LogP contribution < -0.4 is 9.46 Å². The molecule has 146 valence electrons. The van der Waals surface area contributed by atoms with Gasteiger partial charge in [-0.1, -0.05) is 24.3 Å². The SMILES string of the molecule is COc1ccc2c(c1)CCCC2(O)CNS(=O)(=O)c1cccc2cccnc12. The fraction of sp³-hybridized carbons (Fsp3) is 0.286. The first-order valence-electron chi connectivity index (χ1n) is 9.16. The summed E-state index contributed by atoms with van der Waals surface area (Å²) >= 11 is 0. The maximum atomic E-state index is 13.0. The summed E-state index contributed by atoms with van der Waals surface area (Å²) in [6, 6.07) is 14.1. The van der Waals surface area contributed by atoms with E-state index in [0.29, 0.717) is 11.9 Å². The van der Waals surface area contributed by atoms with Gasteiger partial charge in [0.15, 0.2) is 0 Å². The fourth-order valence-corrected chi connectivity index (χ4v) is 5.10. The van der Waals surface area contributed by atoms with Gasteiger partial charge in [0.1, 0.15) is 16.2 Å². The van der Waals surface area contributed by atoms with E-state index in [1.807, 2.05) is 24.3 Å². The van der Waals surface area contributed by atoms with Crippen LogP contribution in [-0.4, -0.2) is 32.2 Å². The lowest BCUT2D eigenvalue weighted by Crippen LogP contribution is -2.43. The molecule has 0 fully saturated rings. The van der Waals surface area contributed by atoms with Crippen LogP contribution in [0, 0.1) is 0 Å². The number of nitrogens with one attached hydrogen (secondary N) is 1. The average Bonchev–Trinajstić information content (AvgIpc) is 2.72. The normalized spacial score (nSPS) is 19.4. The van der Waals surface area contributed by atoms with Crippen LogP contribution in [0.4, 0.5) is 0 Å². The van der Waals surface area contributed by atoms with Crippen LogP contribution in [0.5, 0.6) is 5.75 Å². The zero-order valence-corrected chi connectivity index (χ0v) is 16.4. The Kier molecular flexibility index (Phi) is 4.82. The van der Waals surface area contributed by atoms with Gasteiger partial charge in [-0.05, 0) is 54.7 Å². The number of benzene rings is 2. The van der Waals surface area contributed by atoms with E-state index in [1.54, 1.807) is 31.5 Å². The van der Waals surface area contributed by atoms with Gasteiger partial charge in [-0.3, -0.25) is 4.98 Å². The topological polar surface area (TPSA) is 88.5 Å². The van der Waals surface area contributed by atoms with Crippen molar-refractivity contribution in [2.75, 3.05) is 13.7 Å². The zero-order chi connectivity index (χ0) is 19.8. The van der Waals surface area contributed by atoms with E-state index in [0.717, 1.165) is 35.1 Å². The number of rotatable bonds is 5. The maximum Gasteiger partial charge on any atom is 0.242 e. The summed E-state index contributed by atoms with van der Waals surface area (Å²) in [5.74, 6) is 0.727. The summed E-state index contributed by atoms with van der Waals surface area (Å²) in [6.07, 6.45) is 3.66. The number of aliphatic hydroxyl groups is 1. The largest absolute Gasteiger partial charge is 0.497 e. The number of aryl methyl sites for hydroxylation is 1. The predicted octanol–water partition coefficient (Wildman–Crippen LogP) is 2.75. The molecule has 0 saturated carbocycles. The first-order valence-corrected chi connectivity index (χ1v) is 10.6. The molecule has 0 aliphatic heterocycles. The number of hydrogen-bond donors (Lipinski definition) is 2. The van der Waals surface area contributed by atoms with Crippen molar-refractivity contribution in [3.63, 3.8) is 0 Å². The van der Waals surface area contributed by atoms with E-state index in [4.69, 9.17) is 4.74 Å². The minimum atomic E-state index is -3.84. The molecule has 4 rings (SSSR count). The molecule has 1 aliphatic rings. The van der Waals surface area contributed by atoms with Gasteiger partial charge in [0.25, 0.3) is 0 Å². The van der Waals surface area contributed by atoms with Gasteiger partial charge in [-0.25, -0.2) is 13.1 Å². The third kappa shape index (κ3) is 3.37. The van der Waals surface area contributed by atoms with Crippen LogP contribution >= 0.6 is 0 Å². The average molecular weight is 398 g/mol. The molecule has 1 aliphatic carbocycles. The van der Waals surface area contributed by atoms with Crippen LogP contribution in [0.25, 0.3) is 10.9 Å². The smallest absolute Gasteiger partial charge is 0.242 e. The molecular formula is C21H22N2O4S. The third-order valence-corrected chi connectivity index (χ3v) is 6.72. The zero-order valence-electron chi connectivity index (χ0n) is 15.6. The third-order valence-electron chi connectivity index (χ3n) is 5.29. The number of pyridine rings is 1. The molecule has 3 aromatic rings. The van der Waals surface area contributed by atoms with Gasteiger partial charge >= 0.3 is 0 Å². The van der Waals surface area contributed by atoms with Crippen LogP contribution in [0.2, 0.25) is 0 Å². The first-order chi connectivity index (χ1) is 13.4. The Labute approximate surface area is 164 Å². The molecule has 2 N–H and O–H groups in total. The number of aromatic nitrogens is 1. The lowest BCUT2D eigenvalue weighted by Gasteiger charge is -2.34. The Balaban J connectivity index is 1.64. The second-order valence-corrected chi connectivity index (χ2v) is 8.80. The lowest BCUT2D eigenvalue weighted by atomic mass is 9.79. The molecule has 6 nitrogen and oxygen atoms in total. The van der Waals surface area contributed by atoms with Gasteiger partial charge in [0.05, 0.1) is 12.6 Å². The highest BCUT2D eigenvalue weighted by atomic mass is 32.2. The van der Waals surface area contributed by atoms with Crippen molar-refractivity contribution in [1.29, 1.82) is 0 Å². The van der Waals surface area contributed by atoms with Gasteiger partial charge in [-0.15, -0.1) is 0 Å². The molecule has 1 heterocycles. The van der Waals surface area contributed by atoms with E-state index in [2.05, 4.69) is 9.71 Å². The summed E-state index contributed by atoms with van der Waals surface area (Å²) in [7, 11) is -2.24. The molecule has 7 heteroatoms. The predicted molar refractivity (Wildman–Crippen MR) is 107 cm³/mol. The molecule has 0 radical (unpaired) electrons. The summed E-state index contributed by atoms with van der Waals surface area (Å²) in [6.45, 7) is -0.0993. The van der Waals surface area contributed by atoms with E-state index >= 15 is 0 Å². The molecule has 2 aromatic carbocycles. The van der Waals surface area contributed by atoms with Crippen molar-refractivity contribution < 1.29 is 18.3 Å². The minimum absolute atomic E-state index is 0.0993. The van der Waals surface area contributed by atoms with E-state index < -0.39 is 15.6 Å². The number of sulfonamides is 1. The Morgan fingerprint density at radius 1 is 1.21 bits per heavy atom. The molecular weight excluding hydrogens is 376 g/mol. The van der Waals surface area contributed by atoms with Crippen molar-refractivity contribution in [1.82, 2.24) is 9.71 Å². The van der Waals surface area contributed by atoms with Crippen molar-refractivity contribution in [3.8, 4) is 5.75 Å². The summed E-state index contributed by atoms with van der Waals surface area (Å²) in [4.78, 5) is 4.33. The van der Waals surface area contributed by atoms with Gasteiger partial charge in [0.2, 0.25) is 10.0 Å². The molecule has 28 heavy (non-hydrogen) atoms. The number of para-hydroxylation sites is 1. The Morgan fingerprint density at radius 2 is 2.04 bits per heavy atom. The van der Waals surface area contributed by atoms with Gasteiger partial charge < -0.3 is 9.84 Å². The molecule has 0 amide bonds. The molecule has 0 saturated heterocycles. The van der Waals surface area contributed by atoms with Crippen LogP contribution in [0.3, 0.4) is 0 Å². The highest BCUT2D eigenvalue weighted by molar-refractivity contribution is 7.89. The van der Waals surface area contributed by atoms with Crippen molar-refractivity contribution in [2.24, 2.45) is 0 Å². The molecule has 0 bridgehead atoms. The van der Waals surface area contributed by atoms with Crippen LogP contribution in [0.15, 0.2) is 59.6 Å². The highest BCUT2D eigenvalue weighted by Gasteiger charge is 2.36. The summed E-state index contributed by atoms with van der Waals surface area (Å²) in [5.41, 5.74) is 0.890. The van der Waals surface area contributed by atoms with E-state index in [1.165, 1.54) is 6.07 Å². The number of methoxy groups -OCH3 is 1. The van der Waals surface area contributed by atoms with Crippen molar-refractivity contribution >= 4 is 20.9 Å². The van der Waals surface area contributed by atoms with Crippen LogP contribution in [0.1, 0.15) is 24.0 Å². The maximum absolute atomic E-state index is 13.0. The van der Waals surface area contributed by atoms with Crippen LogP contribution in [-0.2, 0) is 22.0 Å². The van der Waals surface area contributed by atoms with E-state index in [-0.39, 0.29) is 11.4 Å². The Bertz CT molecular complexity index is 1120. The van der Waals surface area contributed by atoms with Crippen molar-refractivity contribution in [3.05, 3.63) is 65.9 Å².